The van der Waals surface area contributed by atoms with E-state index in [2.05, 4.69) is 10.3 Å². The van der Waals surface area contributed by atoms with Crippen LogP contribution in [0.2, 0.25) is 0 Å². The molecule has 2 atom stereocenters. The number of pyridine rings is 1. The number of aliphatic hydroxyl groups is 1. The summed E-state index contributed by atoms with van der Waals surface area (Å²) in [7, 11) is 0. The molecular formula is C11H15FN2O3. The molecular weight excluding hydrogens is 227 g/mol. The summed E-state index contributed by atoms with van der Waals surface area (Å²) in [5.41, 5.74) is -0.220. The summed E-state index contributed by atoms with van der Waals surface area (Å²) in [5, 5.41) is 20.7. The van der Waals surface area contributed by atoms with Crippen molar-refractivity contribution >= 4 is 11.8 Å². The molecule has 5 nitrogen and oxygen atoms in total. The van der Waals surface area contributed by atoms with E-state index >= 15 is 0 Å². The van der Waals surface area contributed by atoms with E-state index in [-0.39, 0.29) is 29.9 Å². The predicted molar refractivity (Wildman–Crippen MR) is 60.5 cm³/mol. The summed E-state index contributed by atoms with van der Waals surface area (Å²) in [4.78, 5) is 14.6. The summed E-state index contributed by atoms with van der Waals surface area (Å²) in [5.74, 6) is -1.91. The molecule has 0 amide bonds. The lowest BCUT2D eigenvalue weighted by Gasteiger charge is -2.20. The topological polar surface area (TPSA) is 82.5 Å². The fourth-order valence-electron chi connectivity index (χ4n) is 1.23. The van der Waals surface area contributed by atoms with Crippen LogP contribution in [0.5, 0.6) is 0 Å². The molecule has 0 fully saturated rings. The van der Waals surface area contributed by atoms with Crippen LogP contribution in [-0.4, -0.2) is 33.8 Å². The largest absolute Gasteiger partial charge is 0.478 e. The van der Waals surface area contributed by atoms with Crippen molar-refractivity contribution in [2.45, 2.75) is 19.9 Å². The number of rotatable bonds is 5. The van der Waals surface area contributed by atoms with E-state index < -0.39 is 11.8 Å². The molecule has 2 unspecified atom stereocenters. The Morgan fingerprint density at radius 1 is 1.59 bits per heavy atom. The summed E-state index contributed by atoms with van der Waals surface area (Å²) < 4.78 is 12.9. The molecule has 1 aromatic heterocycles. The number of hydrogen-bond acceptors (Lipinski definition) is 4. The zero-order valence-electron chi connectivity index (χ0n) is 9.64. The lowest BCUT2D eigenvalue weighted by Crippen LogP contribution is -2.27. The van der Waals surface area contributed by atoms with E-state index in [1.807, 2.05) is 6.92 Å². The molecule has 1 aromatic rings. The number of aromatic nitrogens is 1. The molecule has 0 saturated carbocycles. The Hall–Kier alpha value is -1.69. The van der Waals surface area contributed by atoms with Crippen LogP contribution >= 0.6 is 0 Å². The maximum Gasteiger partial charge on any atom is 0.339 e. The maximum absolute atomic E-state index is 12.9. The van der Waals surface area contributed by atoms with Gasteiger partial charge >= 0.3 is 5.97 Å². The molecule has 0 saturated heterocycles. The van der Waals surface area contributed by atoms with Gasteiger partial charge in [-0.15, -0.1) is 0 Å². The SMILES string of the molecule is CC(CO)C(C)Nc1ncc(F)cc1C(=O)O. The number of carbonyl (C=O) groups is 1. The molecule has 0 spiro atoms. The molecule has 0 radical (unpaired) electrons. The van der Waals surface area contributed by atoms with Gasteiger partial charge in [-0.3, -0.25) is 0 Å². The molecule has 1 heterocycles. The van der Waals surface area contributed by atoms with Gasteiger partial charge in [0.25, 0.3) is 0 Å². The van der Waals surface area contributed by atoms with E-state index in [9.17, 15) is 9.18 Å². The number of aromatic carboxylic acids is 1. The Morgan fingerprint density at radius 2 is 2.24 bits per heavy atom. The summed E-state index contributed by atoms with van der Waals surface area (Å²) >= 11 is 0. The molecule has 3 N–H and O–H groups in total. The zero-order valence-corrected chi connectivity index (χ0v) is 9.64. The monoisotopic (exact) mass is 242 g/mol. The van der Waals surface area contributed by atoms with Crippen LogP contribution in [0.1, 0.15) is 24.2 Å². The van der Waals surface area contributed by atoms with Crippen LogP contribution in [-0.2, 0) is 0 Å². The number of nitrogens with zero attached hydrogens (tertiary/aromatic N) is 1. The molecule has 0 bridgehead atoms. The van der Waals surface area contributed by atoms with Gasteiger partial charge in [0.15, 0.2) is 0 Å². The van der Waals surface area contributed by atoms with E-state index in [1.165, 1.54) is 0 Å². The van der Waals surface area contributed by atoms with Crippen molar-refractivity contribution in [1.82, 2.24) is 4.98 Å². The predicted octanol–water partition coefficient (Wildman–Crippen LogP) is 1.35. The third kappa shape index (κ3) is 3.39. The van der Waals surface area contributed by atoms with Crippen molar-refractivity contribution in [3.05, 3.63) is 23.6 Å². The first kappa shape index (κ1) is 13.4. The van der Waals surface area contributed by atoms with Gasteiger partial charge in [0.2, 0.25) is 0 Å². The van der Waals surface area contributed by atoms with Crippen LogP contribution in [0.3, 0.4) is 0 Å². The highest BCUT2D eigenvalue weighted by atomic mass is 19.1. The first-order valence-corrected chi connectivity index (χ1v) is 5.22. The van der Waals surface area contributed by atoms with E-state index in [0.29, 0.717) is 0 Å². The molecule has 0 aliphatic heterocycles. The van der Waals surface area contributed by atoms with E-state index in [1.54, 1.807) is 6.92 Å². The van der Waals surface area contributed by atoms with Crippen LogP contribution < -0.4 is 5.32 Å². The normalized spacial score (nSPS) is 14.1. The molecule has 6 heteroatoms. The van der Waals surface area contributed by atoms with Gasteiger partial charge in [-0.2, -0.15) is 0 Å². The number of aliphatic hydroxyl groups excluding tert-OH is 1. The average Bonchev–Trinajstić information content (AvgIpc) is 2.29. The maximum atomic E-state index is 12.9. The fraction of sp³-hybridized carbons (Fsp3) is 0.455. The highest BCUT2D eigenvalue weighted by molar-refractivity contribution is 5.93. The van der Waals surface area contributed by atoms with Crippen molar-refractivity contribution < 1.29 is 19.4 Å². The van der Waals surface area contributed by atoms with Gasteiger partial charge < -0.3 is 15.5 Å². The molecule has 1 rings (SSSR count). The van der Waals surface area contributed by atoms with Gasteiger partial charge in [0.1, 0.15) is 17.2 Å². The van der Waals surface area contributed by atoms with E-state index in [4.69, 9.17) is 10.2 Å². The average molecular weight is 242 g/mol. The number of carboxylic acids is 1. The third-order valence-electron chi connectivity index (χ3n) is 2.59. The van der Waals surface area contributed by atoms with Crippen molar-refractivity contribution in [2.24, 2.45) is 5.92 Å². The van der Waals surface area contributed by atoms with Crippen LogP contribution in [0.25, 0.3) is 0 Å². The zero-order chi connectivity index (χ0) is 13.0. The Morgan fingerprint density at radius 3 is 2.76 bits per heavy atom. The van der Waals surface area contributed by atoms with Gasteiger partial charge in [-0.1, -0.05) is 6.92 Å². The minimum atomic E-state index is -1.25. The summed E-state index contributed by atoms with van der Waals surface area (Å²) in [6, 6.07) is 0.740. The third-order valence-corrected chi connectivity index (χ3v) is 2.59. The van der Waals surface area contributed by atoms with Gasteiger partial charge in [-0.25, -0.2) is 14.2 Å². The number of anilines is 1. The lowest BCUT2D eigenvalue weighted by atomic mass is 10.0. The first-order valence-electron chi connectivity index (χ1n) is 5.22. The Labute approximate surface area is 98.3 Å². The Kier molecular flexibility index (Phi) is 4.39. The van der Waals surface area contributed by atoms with Gasteiger partial charge in [-0.05, 0) is 18.9 Å². The smallest absolute Gasteiger partial charge is 0.339 e. The van der Waals surface area contributed by atoms with Crippen molar-refractivity contribution in [2.75, 3.05) is 11.9 Å². The first-order chi connectivity index (χ1) is 7.95. The van der Waals surface area contributed by atoms with Gasteiger partial charge in [0.05, 0.1) is 6.20 Å². The van der Waals surface area contributed by atoms with Crippen LogP contribution in [0.4, 0.5) is 10.2 Å². The standard InChI is InChI=1S/C11H15FN2O3/c1-6(5-15)7(2)14-10-9(11(16)17)3-8(12)4-13-10/h3-4,6-7,15H,5H2,1-2H3,(H,13,14)(H,16,17). The number of hydrogen-bond donors (Lipinski definition) is 3. The minimum Gasteiger partial charge on any atom is -0.478 e. The van der Waals surface area contributed by atoms with Gasteiger partial charge in [0, 0.05) is 12.6 Å². The Bertz CT molecular complexity index is 412. The minimum absolute atomic E-state index is 0.0300. The quantitative estimate of drug-likeness (QED) is 0.726. The van der Waals surface area contributed by atoms with E-state index in [0.717, 1.165) is 12.3 Å². The number of nitrogens with one attached hydrogen (secondary N) is 1. The van der Waals surface area contributed by atoms with Crippen LogP contribution in [0, 0.1) is 11.7 Å². The second kappa shape index (κ2) is 5.58. The summed E-state index contributed by atoms with van der Waals surface area (Å²) in [6.07, 6.45) is 0.950. The Balaban J connectivity index is 2.94. The highest BCUT2D eigenvalue weighted by Gasteiger charge is 2.17. The second-order valence-electron chi connectivity index (χ2n) is 3.95. The van der Waals surface area contributed by atoms with Crippen molar-refractivity contribution in [3.8, 4) is 0 Å². The van der Waals surface area contributed by atoms with Crippen LogP contribution in [0.15, 0.2) is 12.3 Å². The fourth-order valence-corrected chi connectivity index (χ4v) is 1.23. The molecule has 94 valence electrons. The number of carboxylic acid groups (broad SMARTS) is 1. The van der Waals surface area contributed by atoms with Crippen molar-refractivity contribution in [1.29, 1.82) is 0 Å². The second-order valence-corrected chi connectivity index (χ2v) is 3.95. The number of halogens is 1. The summed E-state index contributed by atoms with van der Waals surface area (Å²) in [6.45, 7) is 3.57. The lowest BCUT2D eigenvalue weighted by molar-refractivity contribution is 0.0697. The molecule has 17 heavy (non-hydrogen) atoms. The van der Waals surface area contributed by atoms with Crippen molar-refractivity contribution in [3.63, 3.8) is 0 Å². The highest BCUT2D eigenvalue weighted by Crippen LogP contribution is 2.16. The molecule has 0 aromatic carbocycles. The molecule has 0 aliphatic rings. The molecule has 0 aliphatic carbocycles.